The second-order valence-electron chi connectivity index (χ2n) is 3.67. The van der Waals surface area contributed by atoms with Gasteiger partial charge in [0.15, 0.2) is 5.11 Å². The molecule has 0 aromatic carbocycles. The van der Waals surface area contributed by atoms with Crippen molar-refractivity contribution in [3.05, 3.63) is 0 Å². The van der Waals surface area contributed by atoms with Gasteiger partial charge in [0.2, 0.25) is 0 Å². The summed E-state index contributed by atoms with van der Waals surface area (Å²) >= 11 is 6.64. The summed E-state index contributed by atoms with van der Waals surface area (Å²) in [6.45, 7) is 2.98. The van der Waals surface area contributed by atoms with E-state index in [4.69, 9.17) is 31.2 Å². The van der Waals surface area contributed by atoms with Crippen molar-refractivity contribution >= 4 is 38.1 Å². The van der Waals surface area contributed by atoms with Gasteiger partial charge in [-0.15, -0.1) is 0 Å². The summed E-state index contributed by atoms with van der Waals surface area (Å²) in [4.78, 5) is 0. The molecule has 0 spiro atoms. The Labute approximate surface area is 121 Å². The number of nitrogens with zero attached hydrogens (tertiary/aromatic N) is 1. The van der Waals surface area contributed by atoms with Crippen LogP contribution in [0.3, 0.4) is 0 Å². The van der Waals surface area contributed by atoms with Gasteiger partial charge in [0, 0.05) is 39.7 Å². The van der Waals surface area contributed by atoms with Gasteiger partial charge in [0.1, 0.15) is 0 Å². The van der Waals surface area contributed by atoms with Gasteiger partial charge in [-0.25, -0.2) is 0 Å². The van der Waals surface area contributed by atoms with E-state index in [0.29, 0.717) is 5.11 Å². The van der Waals surface area contributed by atoms with Crippen molar-refractivity contribution in [1.82, 2.24) is 4.31 Å². The monoisotopic (exact) mass is 312 g/mol. The molecule has 0 amide bonds. The normalized spacial score (nSPS) is 11.6. The lowest BCUT2D eigenvalue weighted by molar-refractivity contribution is 0.123. The average molecular weight is 313 g/mol. The van der Waals surface area contributed by atoms with Crippen LogP contribution in [0.2, 0.25) is 6.04 Å². The third kappa shape index (κ3) is 6.35. The van der Waals surface area contributed by atoms with Crippen molar-refractivity contribution in [3.63, 3.8) is 0 Å². The maximum atomic E-state index is 5.64. The number of hydrogen-bond donors (Lipinski definition) is 1. The number of thiocarbonyl (C=S) groups is 1. The van der Waals surface area contributed by atoms with Crippen LogP contribution in [-0.4, -0.2) is 51.8 Å². The zero-order valence-electron chi connectivity index (χ0n) is 11.6. The molecule has 0 heterocycles. The van der Waals surface area contributed by atoms with E-state index >= 15 is 0 Å². The Hall–Kier alpha value is 0.137. The van der Waals surface area contributed by atoms with Gasteiger partial charge in [-0.05, 0) is 37.0 Å². The Balaban J connectivity index is 3.99. The summed E-state index contributed by atoms with van der Waals surface area (Å²) in [6, 6.07) is 0.792. The van der Waals surface area contributed by atoms with Crippen molar-refractivity contribution in [2.75, 3.05) is 33.6 Å². The molecule has 0 atom stereocenters. The Morgan fingerprint density at radius 1 is 1.28 bits per heavy atom. The summed E-state index contributed by atoms with van der Waals surface area (Å²) in [5.74, 6) is 0.919. The minimum Gasteiger partial charge on any atom is -0.377 e. The molecule has 0 radical (unpaired) electrons. The van der Waals surface area contributed by atoms with Crippen LogP contribution in [0.15, 0.2) is 0 Å². The molecular formula is C10H24N2O3S2Si. The summed E-state index contributed by atoms with van der Waals surface area (Å²) in [6.07, 6.45) is 1.96. The first-order valence-electron chi connectivity index (χ1n) is 5.90. The highest BCUT2D eigenvalue weighted by Crippen LogP contribution is 2.19. The minimum atomic E-state index is -2.43. The number of hydrogen-bond acceptors (Lipinski definition) is 5. The van der Waals surface area contributed by atoms with E-state index in [9.17, 15) is 0 Å². The molecule has 0 fully saturated rings. The lowest BCUT2D eigenvalue weighted by atomic mass is 10.5. The van der Waals surface area contributed by atoms with E-state index in [1.165, 1.54) is 0 Å². The first-order chi connectivity index (χ1) is 8.55. The van der Waals surface area contributed by atoms with Crippen molar-refractivity contribution in [3.8, 4) is 0 Å². The predicted molar refractivity (Wildman–Crippen MR) is 82.4 cm³/mol. The van der Waals surface area contributed by atoms with Crippen molar-refractivity contribution in [2.45, 2.75) is 25.8 Å². The third-order valence-corrected chi connectivity index (χ3v) is 6.81. The number of rotatable bonds is 10. The molecule has 0 aliphatic rings. The Morgan fingerprint density at radius 2 is 1.83 bits per heavy atom. The molecule has 0 unspecified atom stereocenters. The van der Waals surface area contributed by atoms with Crippen LogP contribution in [0, 0.1) is 0 Å². The molecular weight excluding hydrogens is 288 g/mol. The zero-order chi connectivity index (χ0) is 14.0. The van der Waals surface area contributed by atoms with E-state index in [-0.39, 0.29) is 0 Å². The maximum Gasteiger partial charge on any atom is 0.500 e. The van der Waals surface area contributed by atoms with Crippen LogP contribution in [0.25, 0.3) is 0 Å². The fourth-order valence-electron chi connectivity index (χ4n) is 1.46. The summed E-state index contributed by atoms with van der Waals surface area (Å²) in [5.41, 5.74) is 5.64. The Kier molecular flexibility index (Phi) is 10.1. The van der Waals surface area contributed by atoms with Crippen molar-refractivity contribution in [2.24, 2.45) is 5.73 Å². The lowest BCUT2D eigenvalue weighted by Crippen LogP contribution is -2.42. The van der Waals surface area contributed by atoms with E-state index < -0.39 is 8.80 Å². The Bertz CT molecular complexity index is 235. The molecule has 0 aliphatic carbocycles. The fraction of sp³-hybridized carbons (Fsp3) is 0.900. The van der Waals surface area contributed by atoms with Crippen LogP contribution in [0.1, 0.15) is 19.8 Å². The molecule has 2 N–H and O–H groups in total. The molecule has 0 aliphatic heterocycles. The molecule has 5 nitrogen and oxygen atoms in total. The molecule has 0 aromatic rings. The molecule has 108 valence electrons. The van der Waals surface area contributed by atoms with Crippen LogP contribution in [-0.2, 0) is 13.3 Å². The molecule has 0 rings (SSSR count). The molecule has 0 saturated heterocycles. The highest BCUT2D eigenvalue weighted by Gasteiger charge is 2.36. The quantitative estimate of drug-likeness (QED) is 0.286. The molecule has 0 saturated carbocycles. The molecule has 8 heteroatoms. The first-order valence-corrected chi connectivity index (χ1v) is 9.18. The zero-order valence-corrected chi connectivity index (χ0v) is 14.2. The summed E-state index contributed by atoms with van der Waals surface area (Å²) in [5, 5.41) is 0.440. The van der Waals surface area contributed by atoms with Gasteiger partial charge in [-0.1, -0.05) is 6.92 Å². The topological polar surface area (TPSA) is 57.0 Å². The lowest BCUT2D eigenvalue weighted by Gasteiger charge is -2.25. The predicted octanol–water partition coefficient (Wildman–Crippen LogP) is 1.86. The SMILES string of the molecule is CCCN(SCCC[Si](OC)(OC)OC)C(N)=S. The van der Waals surface area contributed by atoms with Crippen molar-refractivity contribution in [1.29, 1.82) is 0 Å². The third-order valence-electron chi connectivity index (χ3n) is 2.48. The second-order valence-corrected chi connectivity index (χ2v) is 8.29. The summed E-state index contributed by atoms with van der Waals surface area (Å²) in [7, 11) is 2.46. The van der Waals surface area contributed by atoms with Gasteiger partial charge >= 0.3 is 8.80 Å². The van der Waals surface area contributed by atoms with Crippen LogP contribution >= 0.6 is 24.2 Å². The van der Waals surface area contributed by atoms with E-state index in [2.05, 4.69) is 6.92 Å². The largest absolute Gasteiger partial charge is 0.500 e. The van der Waals surface area contributed by atoms with Crippen LogP contribution < -0.4 is 5.73 Å². The van der Waals surface area contributed by atoms with E-state index in [1.807, 2.05) is 4.31 Å². The van der Waals surface area contributed by atoms with E-state index in [1.54, 1.807) is 33.3 Å². The van der Waals surface area contributed by atoms with Gasteiger partial charge < -0.3 is 19.0 Å². The second kappa shape index (κ2) is 9.99. The van der Waals surface area contributed by atoms with Gasteiger partial charge in [-0.3, -0.25) is 4.31 Å². The molecule has 0 aromatic heterocycles. The maximum absolute atomic E-state index is 5.64. The van der Waals surface area contributed by atoms with E-state index in [0.717, 1.165) is 31.2 Å². The van der Waals surface area contributed by atoms with Crippen LogP contribution in [0.5, 0.6) is 0 Å². The smallest absolute Gasteiger partial charge is 0.377 e. The molecule has 0 bridgehead atoms. The standard InChI is InChI=1S/C10H24N2O3S2Si/c1-5-7-12(10(11)16)17-8-6-9-18(13-2,14-3)15-4/h5-9H2,1-4H3,(H2,11,16). The molecule has 18 heavy (non-hydrogen) atoms. The average Bonchev–Trinajstić information content (AvgIpc) is 2.38. The highest BCUT2D eigenvalue weighted by atomic mass is 32.2. The fourth-order valence-corrected chi connectivity index (χ4v) is 4.62. The minimum absolute atomic E-state index is 0.440. The highest BCUT2D eigenvalue weighted by molar-refractivity contribution is 7.98. The van der Waals surface area contributed by atoms with Gasteiger partial charge in [0.05, 0.1) is 0 Å². The van der Waals surface area contributed by atoms with Crippen molar-refractivity contribution < 1.29 is 13.3 Å². The van der Waals surface area contributed by atoms with Gasteiger partial charge in [0.25, 0.3) is 0 Å². The number of nitrogens with two attached hydrogens (primary N) is 1. The summed E-state index contributed by atoms with van der Waals surface area (Å²) < 4.78 is 18.0. The Morgan fingerprint density at radius 3 is 2.22 bits per heavy atom. The van der Waals surface area contributed by atoms with Crippen LogP contribution in [0.4, 0.5) is 0 Å². The van der Waals surface area contributed by atoms with Gasteiger partial charge in [-0.2, -0.15) is 0 Å². The first kappa shape index (κ1) is 18.1.